The normalized spacial score (nSPS) is 37.5. The number of nitrogens with zero attached hydrogens (tertiary/aromatic N) is 1. The summed E-state index contributed by atoms with van der Waals surface area (Å²) < 4.78 is 20.6. The molecule has 5 rings (SSSR count). The molecule has 1 aromatic carbocycles. The Morgan fingerprint density at radius 3 is 2.13 bits per heavy atom. The molecule has 9 atom stereocenters. The van der Waals surface area contributed by atoms with Crippen LogP contribution in [0, 0.1) is 40.4 Å². The van der Waals surface area contributed by atoms with E-state index in [1.807, 2.05) is 0 Å². The van der Waals surface area contributed by atoms with Gasteiger partial charge in [-0.15, -0.1) is 0 Å². The van der Waals surface area contributed by atoms with Gasteiger partial charge >= 0.3 is 0 Å². The van der Waals surface area contributed by atoms with E-state index < -0.39 is 25.0 Å². The first-order valence-electron chi connectivity index (χ1n) is 18.1. The Morgan fingerprint density at radius 1 is 0.800 bits per heavy atom. The Bertz CT molecular complexity index is 1170. The zero-order valence-electron chi connectivity index (χ0n) is 30.6. The summed E-state index contributed by atoms with van der Waals surface area (Å²) in [5, 5.41) is 4.93. The summed E-state index contributed by atoms with van der Waals surface area (Å²) in [6, 6.07) is 10.4. The van der Waals surface area contributed by atoms with Gasteiger partial charge in [0.05, 0.1) is 12.3 Å². The summed E-state index contributed by atoms with van der Waals surface area (Å²) in [4.78, 5) is 6.12. The Morgan fingerprint density at radius 2 is 1.49 bits per heavy atom. The van der Waals surface area contributed by atoms with Crippen LogP contribution in [-0.2, 0) is 24.7 Å². The summed E-state index contributed by atoms with van der Waals surface area (Å²) in [7, 11) is -5.05. The molecule has 5 nitrogen and oxygen atoms in total. The third-order valence-electron chi connectivity index (χ3n) is 11.9. The van der Waals surface area contributed by atoms with Crippen molar-refractivity contribution in [2.75, 3.05) is 6.61 Å². The van der Waals surface area contributed by atoms with E-state index in [0.717, 1.165) is 29.5 Å². The van der Waals surface area contributed by atoms with Gasteiger partial charge in [-0.05, 0) is 150 Å². The Hall–Kier alpha value is -0.779. The summed E-state index contributed by atoms with van der Waals surface area (Å²) in [5.74, 6) is 3.18. The molecule has 8 heteroatoms. The number of rotatable bonds is 11. The van der Waals surface area contributed by atoms with E-state index in [2.05, 4.69) is 103 Å². The van der Waals surface area contributed by atoms with E-state index >= 15 is 0 Å². The molecule has 0 saturated heterocycles. The van der Waals surface area contributed by atoms with Crippen molar-refractivity contribution in [3.05, 3.63) is 35.9 Å². The average Bonchev–Trinajstić information content (AvgIpc) is 3.25. The molecular weight excluding hydrogens is 607 g/mol. The van der Waals surface area contributed by atoms with Crippen molar-refractivity contribution in [3.63, 3.8) is 0 Å². The largest absolute Gasteiger partial charge is 0.415 e. The van der Waals surface area contributed by atoms with Crippen LogP contribution < -0.4 is 0 Å². The van der Waals surface area contributed by atoms with Crippen LogP contribution in [0.4, 0.5) is 0 Å². The van der Waals surface area contributed by atoms with Crippen molar-refractivity contribution in [1.82, 2.24) is 0 Å². The molecule has 4 saturated carbocycles. The van der Waals surface area contributed by atoms with Crippen LogP contribution in [0.1, 0.15) is 70.8 Å². The van der Waals surface area contributed by atoms with Crippen molar-refractivity contribution in [3.8, 4) is 0 Å². The van der Waals surface area contributed by atoms with Gasteiger partial charge < -0.3 is 18.1 Å². The van der Waals surface area contributed by atoms with Crippen molar-refractivity contribution in [1.29, 1.82) is 0 Å². The van der Waals surface area contributed by atoms with Crippen molar-refractivity contribution >= 4 is 30.7 Å². The molecule has 0 aliphatic heterocycles. The van der Waals surface area contributed by atoms with Crippen molar-refractivity contribution in [2.24, 2.45) is 45.6 Å². The van der Waals surface area contributed by atoms with Crippen LogP contribution in [0.3, 0.4) is 0 Å². The number of oxime groups is 1. The average molecular weight is 672 g/mol. The molecule has 0 aromatic heterocycles. The maximum Gasteiger partial charge on any atom is 0.184 e. The smallest absolute Gasteiger partial charge is 0.184 e. The molecule has 0 N–H and O–H groups in total. The summed E-state index contributed by atoms with van der Waals surface area (Å²) >= 11 is 0. The van der Waals surface area contributed by atoms with Gasteiger partial charge in [0.15, 0.2) is 25.0 Å². The highest BCUT2D eigenvalue weighted by Crippen LogP contribution is 2.68. The van der Waals surface area contributed by atoms with E-state index in [9.17, 15) is 0 Å². The molecule has 4 aliphatic rings. The minimum Gasteiger partial charge on any atom is -0.415 e. The second-order valence-corrected chi connectivity index (χ2v) is 32.0. The van der Waals surface area contributed by atoms with Crippen LogP contribution in [0.2, 0.25) is 58.9 Å². The second kappa shape index (κ2) is 13.3. The van der Waals surface area contributed by atoms with E-state index in [1.54, 1.807) is 0 Å². The first kappa shape index (κ1) is 35.5. The Balaban J connectivity index is 1.43. The van der Waals surface area contributed by atoms with Crippen LogP contribution in [0.5, 0.6) is 0 Å². The topological polar surface area (TPSA) is 49.3 Å². The second-order valence-electron chi connectivity index (χ2n) is 18.6. The molecule has 0 radical (unpaired) electrons. The van der Waals surface area contributed by atoms with Gasteiger partial charge in [-0.25, -0.2) is 0 Å². The standard InChI is InChI=1S/C37H65NO4Si3/c1-36-22-21-29(41-44(6,7)8)23-28(36)17-18-30-31-19-20-32(37(31,2)24-34(35(30)36)42-45(9,10)11)33(26-40-43(3,4)5)38-39-25-27-15-13-12-14-16-27/h12-16,28-32,34-35H,17-26H2,1-11H3/b38-33+. The maximum atomic E-state index is 7.34. The first-order chi connectivity index (χ1) is 20.9. The summed E-state index contributed by atoms with van der Waals surface area (Å²) in [6.45, 7) is 27.4. The van der Waals surface area contributed by atoms with E-state index in [0.29, 0.717) is 48.6 Å². The van der Waals surface area contributed by atoms with Gasteiger partial charge in [0.25, 0.3) is 0 Å². The molecule has 0 spiro atoms. The van der Waals surface area contributed by atoms with E-state index in [4.69, 9.17) is 23.3 Å². The number of hydrogen-bond acceptors (Lipinski definition) is 5. The van der Waals surface area contributed by atoms with Gasteiger partial charge in [-0.3, -0.25) is 0 Å². The van der Waals surface area contributed by atoms with E-state index in [1.165, 1.54) is 44.9 Å². The van der Waals surface area contributed by atoms with Gasteiger partial charge in [0.1, 0.15) is 6.61 Å². The molecule has 0 bridgehead atoms. The van der Waals surface area contributed by atoms with Crippen LogP contribution in [0.25, 0.3) is 0 Å². The first-order valence-corrected chi connectivity index (χ1v) is 28.3. The minimum atomic E-state index is -1.77. The monoisotopic (exact) mass is 671 g/mol. The van der Waals surface area contributed by atoms with Gasteiger partial charge in [0.2, 0.25) is 0 Å². The number of hydrogen-bond donors (Lipinski definition) is 0. The van der Waals surface area contributed by atoms with Crippen LogP contribution in [0.15, 0.2) is 35.5 Å². The Kier molecular flexibility index (Phi) is 10.5. The molecule has 0 heterocycles. The third-order valence-corrected chi connectivity index (χ3v) is 14.9. The number of fused-ring (bicyclic) bond motifs is 5. The number of benzene rings is 1. The van der Waals surface area contributed by atoms with Crippen molar-refractivity contribution in [2.45, 2.75) is 143 Å². The van der Waals surface area contributed by atoms with Gasteiger partial charge in [-0.2, -0.15) is 0 Å². The minimum absolute atomic E-state index is 0.143. The zero-order chi connectivity index (χ0) is 32.8. The lowest BCUT2D eigenvalue weighted by atomic mass is 9.44. The highest BCUT2D eigenvalue weighted by Gasteiger charge is 2.64. The van der Waals surface area contributed by atoms with E-state index in [-0.39, 0.29) is 5.41 Å². The highest BCUT2D eigenvalue weighted by atomic mass is 28.4. The molecule has 4 aliphatic carbocycles. The molecule has 9 unspecified atom stereocenters. The fraction of sp³-hybridized carbons (Fsp3) is 0.811. The fourth-order valence-electron chi connectivity index (χ4n) is 10.3. The van der Waals surface area contributed by atoms with Crippen molar-refractivity contribution < 1.29 is 18.1 Å². The molecule has 254 valence electrons. The maximum absolute atomic E-state index is 7.34. The van der Waals surface area contributed by atoms with Gasteiger partial charge in [0, 0.05) is 18.1 Å². The lowest BCUT2D eigenvalue weighted by molar-refractivity contribution is -0.168. The van der Waals surface area contributed by atoms with Gasteiger partial charge in [-0.1, -0.05) is 49.3 Å². The Labute approximate surface area is 279 Å². The van der Waals surface area contributed by atoms with Crippen LogP contribution in [-0.4, -0.2) is 49.5 Å². The fourth-order valence-corrected chi connectivity index (χ4v) is 13.2. The molecule has 1 aromatic rings. The highest BCUT2D eigenvalue weighted by molar-refractivity contribution is 6.70. The molecule has 4 fully saturated rings. The summed E-state index contributed by atoms with van der Waals surface area (Å²) in [5.41, 5.74) is 2.77. The predicted octanol–water partition coefficient (Wildman–Crippen LogP) is 10.1. The molecular formula is C37H65NO4Si3. The zero-order valence-corrected chi connectivity index (χ0v) is 33.6. The molecule has 0 amide bonds. The van der Waals surface area contributed by atoms with Crippen LogP contribution >= 0.6 is 0 Å². The quantitative estimate of drug-likeness (QED) is 0.133. The third kappa shape index (κ3) is 8.27. The lowest BCUT2D eigenvalue weighted by Gasteiger charge is -2.64. The predicted molar refractivity (Wildman–Crippen MR) is 195 cm³/mol. The lowest BCUT2D eigenvalue weighted by Crippen LogP contribution is -2.61. The summed E-state index contributed by atoms with van der Waals surface area (Å²) in [6.07, 6.45) is 10.8. The molecule has 45 heavy (non-hydrogen) atoms. The SMILES string of the molecule is CC12CC(O[Si](C)(C)C)C3C(CCC4CC(O[Si](C)(C)C)CCC43C)C1CCC2/C(CO[Si](C)(C)C)=N/OCc1ccccc1.